The predicted octanol–water partition coefficient (Wildman–Crippen LogP) is 2.32. The van der Waals surface area contributed by atoms with Crippen LogP contribution in [0.5, 0.6) is 0 Å². The molecule has 1 atom stereocenters. The molecule has 0 unspecified atom stereocenters. The van der Waals surface area contributed by atoms with Gasteiger partial charge < -0.3 is 9.16 Å². The second-order valence-corrected chi connectivity index (χ2v) is 10.1. The Labute approximate surface area is 86.9 Å². The van der Waals surface area contributed by atoms with Crippen LogP contribution >= 0.6 is 0 Å². The van der Waals surface area contributed by atoms with Gasteiger partial charge in [0.05, 0.1) is 6.61 Å². The van der Waals surface area contributed by atoms with Gasteiger partial charge in [0, 0.05) is 6.42 Å². The van der Waals surface area contributed by atoms with E-state index in [1.165, 1.54) is 0 Å². The summed E-state index contributed by atoms with van der Waals surface area (Å²) in [5, 5.41) is 0.149. The highest BCUT2D eigenvalue weighted by molar-refractivity contribution is 6.74. The molecule has 0 bridgehead atoms. The fourth-order valence-electron chi connectivity index (χ4n) is 1.12. The van der Waals surface area contributed by atoms with E-state index in [9.17, 15) is 4.79 Å². The molecule has 1 aliphatic heterocycles. The van der Waals surface area contributed by atoms with E-state index >= 15 is 0 Å². The Bertz CT molecular complexity index is 230. The standard InChI is InChI=1S/C10H20O3Si/c1-10(2,3)14(4,5)13-8-6-7-12-9(8)11/h8H,6-7H2,1-5H3/t8-/m0/s1. The molecule has 14 heavy (non-hydrogen) atoms. The van der Waals surface area contributed by atoms with Crippen molar-refractivity contribution in [2.75, 3.05) is 6.61 Å². The van der Waals surface area contributed by atoms with Crippen molar-refractivity contribution in [2.24, 2.45) is 0 Å². The zero-order valence-corrected chi connectivity index (χ0v) is 10.7. The molecule has 0 spiro atoms. The number of hydrogen-bond acceptors (Lipinski definition) is 3. The molecular weight excluding hydrogens is 196 g/mol. The number of ether oxygens (including phenoxy) is 1. The van der Waals surface area contributed by atoms with Crippen molar-refractivity contribution in [3.63, 3.8) is 0 Å². The van der Waals surface area contributed by atoms with Crippen molar-refractivity contribution < 1.29 is 14.0 Å². The van der Waals surface area contributed by atoms with Crippen LogP contribution in [0.25, 0.3) is 0 Å². The highest BCUT2D eigenvalue weighted by atomic mass is 28.4. The summed E-state index contributed by atoms with van der Waals surface area (Å²) < 4.78 is 10.8. The van der Waals surface area contributed by atoms with E-state index in [-0.39, 0.29) is 17.1 Å². The van der Waals surface area contributed by atoms with Gasteiger partial charge in [0.25, 0.3) is 0 Å². The fourth-order valence-corrected chi connectivity index (χ4v) is 2.40. The molecule has 1 aliphatic rings. The fraction of sp³-hybridized carbons (Fsp3) is 0.900. The average molecular weight is 216 g/mol. The Morgan fingerprint density at radius 1 is 1.43 bits per heavy atom. The largest absolute Gasteiger partial charge is 0.464 e. The maximum atomic E-state index is 11.3. The van der Waals surface area contributed by atoms with Crippen LogP contribution in [0, 0.1) is 0 Å². The first kappa shape index (κ1) is 11.7. The zero-order valence-electron chi connectivity index (χ0n) is 9.72. The van der Waals surface area contributed by atoms with Crippen LogP contribution in [0.4, 0.5) is 0 Å². The third-order valence-corrected chi connectivity index (χ3v) is 7.62. The first-order valence-corrected chi connectivity index (χ1v) is 7.99. The molecular formula is C10H20O3Si. The lowest BCUT2D eigenvalue weighted by Gasteiger charge is -2.37. The van der Waals surface area contributed by atoms with Crippen LogP contribution in [0.2, 0.25) is 18.1 Å². The first-order valence-electron chi connectivity index (χ1n) is 5.08. The van der Waals surface area contributed by atoms with Gasteiger partial charge in [-0.1, -0.05) is 20.8 Å². The molecule has 0 radical (unpaired) electrons. The summed E-state index contributed by atoms with van der Waals surface area (Å²) in [6.45, 7) is 11.3. The first-order chi connectivity index (χ1) is 6.24. The smallest absolute Gasteiger partial charge is 0.334 e. The topological polar surface area (TPSA) is 35.5 Å². The van der Waals surface area contributed by atoms with Crippen molar-refractivity contribution >= 4 is 14.3 Å². The van der Waals surface area contributed by atoms with E-state index in [4.69, 9.17) is 9.16 Å². The quantitative estimate of drug-likeness (QED) is 0.525. The summed E-state index contributed by atoms with van der Waals surface area (Å²) in [6.07, 6.45) is 0.404. The zero-order chi connectivity index (χ0) is 11.0. The molecule has 1 rings (SSSR count). The van der Waals surface area contributed by atoms with E-state index in [1.54, 1.807) is 0 Å². The Morgan fingerprint density at radius 2 is 2.00 bits per heavy atom. The monoisotopic (exact) mass is 216 g/mol. The van der Waals surface area contributed by atoms with Gasteiger partial charge in [-0.2, -0.15) is 0 Å². The number of carbonyl (C=O) groups is 1. The summed E-state index contributed by atoms with van der Waals surface area (Å²) >= 11 is 0. The van der Waals surface area contributed by atoms with Gasteiger partial charge in [-0.15, -0.1) is 0 Å². The second-order valence-electron chi connectivity index (χ2n) is 5.32. The van der Waals surface area contributed by atoms with Gasteiger partial charge in [0.2, 0.25) is 0 Å². The van der Waals surface area contributed by atoms with Crippen molar-refractivity contribution in [3.05, 3.63) is 0 Å². The molecule has 0 aromatic heterocycles. The Kier molecular flexibility index (Phi) is 3.06. The maximum absolute atomic E-state index is 11.3. The summed E-state index contributed by atoms with van der Waals surface area (Å²) in [5.41, 5.74) is 0. The van der Waals surface area contributed by atoms with E-state index in [1.807, 2.05) is 0 Å². The molecule has 4 heteroatoms. The Hall–Kier alpha value is -0.353. The predicted molar refractivity (Wildman–Crippen MR) is 57.6 cm³/mol. The van der Waals surface area contributed by atoms with Crippen LogP contribution in [-0.4, -0.2) is 27.0 Å². The lowest BCUT2D eigenvalue weighted by molar-refractivity contribution is -0.143. The molecule has 3 nitrogen and oxygen atoms in total. The molecule has 0 aromatic carbocycles. The van der Waals surface area contributed by atoms with Crippen molar-refractivity contribution in [3.8, 4) is 0 Å². The summed E-state index contributed by atoms with van der Waals surface area (Å²) in [5.74, 6) is -0.185. The minimum absolute atomic E-state index is 0.149. The van der Waals surface area contributed by atoms with Crippen LogP contribution in [0.1, 0.15) is 27.2 Å². The lowest BCUT2D eigenvalue weighted by atomic mass is 10.2. The Balaban J connectivity index is 2.63. The molecule has 0 amide bonds. The van der Waals surface area contributed by atoms with E-state index in [2.05, 4.69) is 33.9 Å². The second kappa shape index (κ2) is 3.66. The number of rotatable bonds is 2. The third-order valence-electron chi connectivity index (χ3n) is 3.13. The van der Waals surface area contributed by atoms with Crippen LogP contribution in [0.15, 0.2) is 0 Å². The number of hydrogen-bond donors (Lipinski definition) is 0. The van der Waals surface area contributed by atoms with Crippen LogP contribution < -0.4 is 0 Å². The normalized spacial score (nSPS) is 23.8. The van der Waals surface area contributed by atoms with Gasteiger partial charge in [-0.25, -0.2) is 4.79 Å². The molecule has 0 aliphatic carbocycles. The van der Waals surface area contributed by atoms with Crippen LogP contribution in [-0.2, 0) is 14.0 Å². The molecule has 0 N–H and O–H groups in total. The van der Waals surface area contributed by atoms with Gasteiger partial charge in [-0.3, -0.25) is 0 Å². The average Bonchev–Trinajstić information content (AvgIpc) is 2.33. The third kappa shape index (κ3) is 2.36. The van der Waals surface area contributed by atoms with Crippen molar-refractivity contribution in [2.45, 2.75) is 51.4 Å². The van der Waals surface area contributed by atoms with Gasteiger partial charge in [0.1, 0.15) is 6.10 Å². The lowest BCUT2D eigenvalue weighted by Crippen LogP contribution is -2.45. The highest BCUT2D eigenvalue weighted by Gasteiger charge is 2.42. The van der Waals surface area contributed by atoms with Crippen molar-refractivity contribution in [1.82, 2.24) is 0 Å². The maximum Gasteiger partial charge on any atom is 0.334 e. The molecule has 82 valence electrons. The minimum Gasteiger partial charge on any atom is -0.464 e. The minimum atomic E-state index is -1.81. The van der Waals surface area contributed by atoms with E-state index in [0.29, 0.717) is 13.0 Å². The molecule has 1 fully saturated rings. The SMILES string of the molecule is CC(C)(C)[Si](C)(C)O[C@H]1CCOC1=O. The summed E-state index contributed by atoms with van der Waals surface area (Å²) in [4.78, 5) is 11.3. The van der Waals surface area contributed by atoms with E-state index < -0.39 is 8.32 Å². The molecule has 1 heterocycles. The van der Waals surface area contributed by atoms with Gasteiger partial charge >= 0.3 is 5.97 Å². The number of esters is 1. The van der Waals surface area contributed by atoms with Gasteiger partial charge in [0.15, 0.2) is 8.32 Å². The van der Waals surface area contributed by atoms with Gasteiger partial charge in [-0.05, 0) is 18.1 Å². The van der Waals surface area contributed by atoms with Crippen molar-refractivity contribution in [1.29, 1.82) is 0 Å². The number of cyclic esters (lactones) is 1. The molecule has 0 aromatic rings. The molecule has 1 saturated heterocycles. The highest BCUT2D eigenvalue weighted by Crippen LogP contribution is 2.38. The number of carbonyl (C=O) groups excluding carboxylic acids is 1. The Morgan fingerprint density at radius 3 is 2.36 bits per heavy atom. The molecule has 0 saturated carbocycles. The summed E-state index contributed by atoms with van der Waals surface area (Å²) in [6, 6.07) is 0. The summed E-state index contributed by atoms with van der Waals surface area (Å²) in [7, 11) is -1.81. The van der Waals surface area contributed by atoms with Crippen LogP contribution in [0.3, 0.4) is 0 Å². The van der Waals surface area contributed by atoms with E-state index in [0.717, 1.165) is 0 Å².